The zero-order chi connectivity index (χ0) is 12.5. The van der Waals surface area contributed by atoms with Gasteiger partial charge in [0.25, 0.3) is 0 Å². The number of methoxy groups -OCH3 is 1. The monoisotopic (exact) mass is 241 g/mol. The van der Waals surface area contributed by atoms with Crippen LogP contribution in [0, 0.1) is 0 Å². The summed E-state index contributed by atoms with van der Waals surface area (Å²) < 4.78 is 7.26. The molecule has 1 heterocycles. The number of hydrogen-bond acceptors (Lipinski definition) is 2. The third kappa shape index (κ3) is 1.82. The summed E-state index contributed by atoms with van der Waals surface area (Å²) in [6.45, 7) is 0.727. The lowest BCUT2D eigenvalue weighted by Crippen LogP contribution is -2.13. The first kappa shape index (κ1) is 11.1. The maximum absolute atomic E-state index is 12.1. The third-order valence-corrected chi connectivity index (χ3v) is 3.54. The smallest absolute Gasteiger partial charge is 0.146 e. The van der Waals surface area contributed by atoms with Crippen LogP contribution < -0.4 is 4.74 Å². The second-order valence-electron chi connectivity index (χ2n) is 4.64. The van der Waals surface area contributed by atoms with Gasteiger partial charge in [0.1, 0.15) is 11.5 Å². The Kier molecular flexibility index (Phi) is 2.67. The lowest BCUT2D eigenvalue weighted by Gasteiger charge is -2.12. The number of Topliss-reactive ketones (excluding diaryl/α,β-unsaturated/α-hetero) is 1. The van der Waals surface area contributed by atoms with Crippen LogP contribution in [-0.4, -0.2) is 17.5 Å². The average Bonchev–Trinajstić information content (AvgIpc) is 2.98. The van der Waals surface area contributed by atoms with E-state index in [0.717, 1.165) is 23.4 Å². The van der Waals surface area contributed by atoms with Gasteiger partial charge >= 0.3 is 0 Å². The standard InChI is InChI=1S/C15H15NO2/c1-18-12-4-5-13-11(8-12)9-15(17)14(13)10-16-6-2-3-7-16/h2-8,14H,9-10H2,1H3. The molecule has 3 nitrogen and oxygen atoms in total. The van der Waals surface area contributed by atoms with Gasteiger partial charge in [-0.25, -0.2) is 0 Å². The normalized spacial score (nSPS) is 17.8. The lowest BCUT2D eigenvalue weighted by molar-refractivity contribution is -0.119. The van der Waals surface area contributed by atoms with E-state index in [1.54, 1.807) is 7.11 Å². The number of nitrogens with zero attached hydrogens (tertiary/aromatic N) is 1. The van der Waals surface area contributed by atoms with Crippen molar-refractivity contribution in [2.75, 3.05) is 7.11 Å². The maximum Gasteiger partial charge on any atom is 0.146 e. The van der Waals surface area contributed by atoms with Crippen molar-refractivity contribution >= 4 is 5.78 Å². The molecule has 1 aromatic heterocycles. The summed E-state index contributed by atoms with van der Waals surface area (Å²) in [4.78, 5) is 12.1. The van der Waals surface area contributed by atoms with E-state index in [9.17, 15) is 4.79 Å². The average molecular weight is 241 g/mol. The fourth-order valence-corrected chi connectivity index (χ4v) is 2.59. The van der Waals surface area contributed by atoms with Gasteiger partial charge in [-0.05, 0) is 35.4 Å². The number of carbonyl (C=O) groups is 1. The minimum Gasteiger partial charge on any atom is -0.497 e. The molecule has 1 atom stereocenters. The van der Waals surface area contributed by atoms with Crippen molar-refractivity contribution in [2.24, 2.45) is 0 Å². The summed E-state index contributed by atoms with van der Waals surface area (Å²) in [5.74, 6) is 1.11. The van der Waals surface area contributed by atoms with Crippen LogP contribution >= 0.6 is 0 Å². The van der Waals surface area contributed by atoms with Gasteiger partial charge in [-0.3, -0.25) is 4.79 Å². The Balaban J connectivity index is 1.92. The highest BCUT2D eigenvalue weighted by molar-refractivity contribution is 5.92. The maximum atomic E-state index is 12.1. The molecule has 0 saturated heterocycles. The summed E-state index contributed by atoms with van der Waals surface area (Å²) in [6.07, 6.45) is 4.52. The van der Waals surface area contributed by atoms with Crippen molar-refractivity contribution in [3.8, 4) is 5.75 Å². The Labute approximate surface area is 106 Å². The summed E-state index contributed by atoms with van der Waals surface area (Å²) in [5, 5.41) is 0. The van der Waals surface area contributed by atoms with Crippen molar-refractivity contribution in [1.29, 1.82) is 0 Å². The predicted octanol–water partition coefficient (Wildman–Crippen LogP) is 2.41. The summed E-state index contributed by atoms with van der Waals surface area (Å²) in [7, 11) is 1.65. The van der Waals surface area contributed by atoms with Gasteiger partial charge in [-0.1, -0.05) is 6.07 Å². The van der Waals surface area contributed by atoms with Gasteiger partial charge in [0.2, 0.25) is 0 Å². The number of fused-ring (bicyclic) bond motifs is 1. The molecule has 1 aliphatic carbocycles. The number of aromatic nitrogens is 1. The molecule has 0 N–H and O–H groups in total. The third-order valence-electron chi connectivity index (χ3n) is 3.54. The van der Waals surface area contributed by atoms with Crippen LogP contribution in [0.5, 0.6) is 5.75 Å². The van der Waals surface area contributed by atoms with Crippen molar-refractivity contribution in [2.45, 2.75) is 18.9 Å². The van der Waals surface area contributed by atoms with Gasteiger partial charge in [0.15, 0.2) is 0 Å². The molecule has 0 aliphatic heterocycles. The zero-order valence-electron chi connectivity index (χ0n) is 10.3. The number of carbonyl (C=O) groups excluding carboxylic acids is 1. The van der Waals surface area contributed by atoms with Crippen LogP contribution in [0.4, 0.5) is 0 Å². The number of ketones is 1. The SMILES string of the molecule is COc1ccc2c(c1)CC(=O)C2Cn1cccc1. The quantitative estimate of drug-likeness (QED) is 0.826. The molecule has 0 amide bonds. The Morgan fingerprint density at radius 2 is 2.11 bits per heavy atom. The van der Waals surface area contributed by atoms with E-state index in [-0.39, 0.29) is 5.92 Å². The molecule has 0 saturated carbocycles. The molecule has 1 aliphatic rings. The highest BCUT2D eigenvalue weighted by atomic mass is 16.5. The first-order chi connectivity index (χ1) is 8.78. The second-order valence-corrected chi connectivity index (χ2v) is 4.64. The molecule has 0 fully saturated rings. The van der Waals surface area contributed by atoms with Crippen molar-refractivity contribution < 1.29 is 9.53 Å². The van der Waals surface area contributed by atoms with Gasteiger partial charge < -0.3 is 9.30 Å². The molecule has 0 spiro atoms. The van der Waals surface area contributed by atoms with Gasteiger partial charge in [-0.2, -0.15) is 0 Å². The van der Waals surface area contributed by atoms with Crippen LogP contribution in [0.25, 0.3) is 0 Å². The molecule has 3 heteroatoms. The molecule has 2 aromatic rings. The minimum atomic E-state index is -0.0155. The van der Waals surface area contributed by atoms with Gasteiger partial charge in [0.05, 0.1) is 13.0 Å². The Hall–Kier alpha value is -2.03. The van der Waals surface area contributed by atoms with Crippen LogP contribution in [0.1, 0.15) is 17.0 Å². The van der Waals surface area contributed by atoms with E-state index in [4.69, 9.17) is 4.74 Å². The Morgan fingerprint density at radius 3 is 2.83 bits per heavy atom. The molecule has 18 heavy (non-hydrogen) atoms. The van der Waals surface area contributed by atoms with Crippen LogP contribution in [0.2, 0.25) is 0 Å². The molecule has 92 valence electrons. The molecular formula is C15H15NO2. The lowest BCUT2D eigenvalue weighted by atomic mass is 10.0. The van der Waals surface area contributed by atoms with Crippen LogP contribution in [0.15, 0.2) is 42.7 Å². The predicted molar refractivity (Wildman–Crippen MR) is 68.9 cm³/mol. The molecule has 3 rings (SSSR count). The first-order valence-corrected chi connectivity index (χ1v) is 6.08. The Bertz CT molecular complexity index is 572. The van der Waals surface area contributed by atoms with E-state index in [2.05, 4.69) is 4.57 Å². The summed E-state index contributed by atoms with van der Waals surface area (Å²) in [6, 6.07) is 9.89. The second kappa shape index (κ2) is 4.33. The fraction of sp³-hybridized carbons (Fsp3) is 0.267. The number of ether oxygens (including phenoxy) is 1. The highest BCUT2D eigenvalue weighted by Gasteiger charge is 2.30. The van der Waals surface area contributed by atoms with Gasteiger partial charge in [0, 0.05) is 25.4 Å². The fourth-order valence-electron chi connectivity index (χ4n) is 2.59. The molecule has 1 aromatic carbocycles. The van der Waals surface area contributed by atoms with Crippen molar-refractivity contribution in [3.05, 3.63) is 53.9 Å². The van der Waals surface area contributed by atoms with E-state index in [1.165, 1.54) is 0 Å². The molecular weight excluding hydrogens is 226 g/mol. The summed E-state index contributed by atoms with van der Waals surface area (Å²) in [5.41, 5.74) is 2.26. The van der Waals surface area contributed by atoms with Gasteiger partial charge in [-0.15, -0.1) is 0 Å². The highest BCUT2D eigenvalue weighted by Crippen LogP contribution is 2.33. The Morgan fingerprint density at radius 1 is 1.33 bits per heavy atom. The van der Waals surface area contributed by atoms with E-state index < -0.39 is 0 Å². The number of hydrogen-bond donors (Lipinski definition) is 0. The first-order valence-electron chi connectivity index (χ1n) is 6.08. The van der Waals surface area contributed by atoms with Crippen LogP contribution in [-0.2, 0) is 17.8 Å². The zero-order valence-corrected chi connectivity index (χ0v) is 10.3. The molecule has 1 unspecified atom stereocenters. The topological polar surface area (TPSA) is 31.2 Å². The number of benzene rings is 1. The molecule has 0 radical (unpaired) electrons. The van der Waals surface area contributed by atoms with Crippen molar-refractivity contribution in [1.82, 2.24) is 4.57 Å². The van der Waals surface area contributed by atoms with E-state index in [1.807, 2.05) is 42.7 Å². The largest absolute Gasteiger partial charge is 0.497 e. The molecule has 0 bridgehead atoms. The van der Waals surface area contributed by atoms with E-state index >= 15 is 0 Å². The van der Waals surface area contributed by atoms with Crippen LogP contribution in [0.3, 0.4) is 0 Å². The van der Waals surface area contributed by atoms with Crippen molar-refractivity contribution in [3.63, 3.8) is 0 Å². The number of rotatable bonds is 3. The summed E-state index contributed by atoms with van der Waals surface area (Å²) >= 11 is 0. The van der Waals surface area contributed by atoms with E-state index in [0.29, 0.717) is 12.2 Å². The minimum absolute atomic E-state index is 0.0155.